The van der Waals surface area contributed by atoms with Crippen molar-refractivity contribution in [2.45, 2.75) is 24.8 Å². The van der Waals surface area contributed by atoms with Gasteiger partial charge < -0.3 is 24.3 Å². The molecule has 154 valence electrons. The van der Waals surface area contributed by atoms with Gasteiger partial charge in [0.15, 0.2) is 23.0 Å². The number of thioether (sulfide) groups is 1. The number of benzene rings is 2. The van der Waals surface area contributed by atoms with Crippen LogP contribution in [0, 0.1) is 5.92 Å². The lowest BCUT2D eigenvalue weighted by Gasteiger charge is -2.25. The van der Waals surface area contributed by atoms with E-state index in [-0.39, 0.29) is 17.9 Å². The zero-order valence-corrected chi connectivity index (χ0v) is 17.4. The van der Waals surface area contributed by atoms with Crippen molar-refractivity contribution in [1.29, 1.82) is 0 Å². The van der Waals surface area contributed by atoms with Crippen LogP contribution in [-0.4, -0.2) is 38.1 Å². The minimum Gasteiger partial charge on any atom is -0.486 e. The summed E-state index contributed by atoms with van der Waals surface area (Å²) in [6.07, 6.45) is 0. The molecule has 0 spiro atoms. The first-order chi connectivity index (χ1) is 14.1. The Morgan fingerprint density at radius 1 is 0.897 bits per heavy atom. The van der Waals surface area contributed by atoms with Gasteiger partial charge in [-0.2, -0.15) is 0 Å². The Kier molecular flexibility index (Phi) is 6.04. The van der Waals surface area contributed by atoms with Crippen molar-refractivity contribution in [3.05, 3.63) is 42.0 Å². The van der Waals surface area contributed by atoms with Crippen LogP contribution in [0.5, 0.6) is 23.0 Å². The SMILES string of the molecule is CC(C)C(NC(=O)CSc1ccc2c(c1)OCCO2)c1ccc2c(c1)OCCO2. The number of amides is 1. The summed E-state index contributed by atoms with van der Waals surface area (Å²) in [5.74, 6) is 3.52. The van der Waals surface area contributed by atoms with Crippen molar-refractivity contribution < 1.29 is 23.7 Å². The van der Waals surface area contributed by atoms with Crippen LogP contribution in [0.2, 0.25) is 0 Å². The van der Waals surface area contributed by atoms with E-state index in [2.05, 4.69) is 19.2 Å². The van der Waals surface area contributed by atoms with Crippen molar-refractivity contribution in [2.24, 2.45) is 5.92 Å². The van der Waals surface area contributed by atoms with Crippen molar-refractivity contribution in [1.82, 2.24) is 5.32 Å². The predicted octanol–water partition coefficient (Wildman–Crippen LogP) is 3.83. The summed E-state index contributed by atoms with van der Waals surface area (Å²) >= 11 is 1.48. The number of hydrogen-bond donors (Lipinski definition) is 1. The molecule has 7 heteroatoms. The topological polar surface area (TPSA) is 66.0 Å². The fraction of sp³-hybridized carbons (Fsp3) is 0.409. The summed E-state index contributed by atoms with van der Waals surface area (Å²) in [7, 11) is 0. The van der Waals surface area contributed by atoms with E-state index < -0.39 is 0 Å². The predicted molar refractivity (Wildman–Crippen MR) is 111 cm³/mol. The van der Waals surface area contributed by atoms with Crippen molar-refractivity contribution in [2.75, 3.05) is 32.2 Å². The summed E-state index contributed by atoms with van der Waals surface area (Å²) in [6, 6.07) is 11.5. The van der Waals surface area contributed by atoms with Crippen LogP contribution in [0.25, 0.3) is 0 Å². The van der Waals surface area contributed by atoms with E-state index >= 15 is 0 Å². The molecule has 0 saturated heterocycles. The largest absolute Gasteiger partial charge is 0.486 e. The second kappa shape index (κ2) is 8.86. The molecule has 0 aromatic heterocycles. The fourth-order valence-electron chi connectivity index (χ4n) is 3.37. The van der Waals surface area contributed by atoms with E-state index in [1.165, 1.54) is 11.8 Å². The summed E-state index contributed by atoms with van der Waals surface area (Å²) in [6.45, 7) is 6.41. The quantitative estimate of drug-likeness (QED) is 0.724. The molecule has 0 bridgehead atoms. The van der Waals surface area contributed by atoms with Gasteiger partial charge in [0.2, 0.25) is 5.91 Å². The second-order valence-corrected chi connectivity index (χ2v) is 8.34. The highest BCUT2D eigenvalue weighted by Crippen LogP contribution is 2.35. The molecule has 29 heavy (non-hydrogen) atoms. The highest BCUT2D eigenvalue weighted by Gasteiger charge is 2.22. The first-order valence-corrected chi connectivity index (χ1v) is 10.8. The molecule has 1 N–H and O–H groups in total. The van der Waals surface area contributed by atoms with Gasteiger partial charge in [0.05, 0.1) is 11.8 Å². The third-order valence-electron chi connectivity index (χ3n) is 4.79. The van der Waals surface area contributed by atoms with Gasteiger partial charge in [-0.05, 0) is 41.8 Å². The highest BCUT2D eigenvalue weighted by atomic mass is 32.2. The molecule has 2 aliphatic heterocycles. The van der Waals surface area contributed by atoms with Gasteiger partial charge in [-0.15, -0.1) is 11.8 Å². The standard InChI is InChI=1S/C22H25NO5S/c1-14(2)22(15-3-5-17-19(11-15)27-9-7-25-17)23-21(24)13-29-16-4-6-18-20(12-16)28-10-8-26-18/h3-6,11-12,14,22H,7-10,13H2,1-2H3,(H,23,24). The average Bonchev–Trinajstić information content (AvgIpc) is 2.75. The number of carbonyl (C=O) groups excluding carboxylic acids is 1. The minimum atomic E-state index is -0.0980. The van der Waals surface area contributed by atoms with E-state index in [4.69, 9.17) is 18.9 Å². The molecular weight excluding hydrogens is 390 g/mol. The van der Waals surface area contributed by atoms with E-state index in [9.17, 15) is 4.79 Å². The Morgan fingerprint density at radius 2 is 1.48 bits per heavy atom. The first-order valence-electron chi connectivity index (χ1n) is 9.81. The highest BCUT2D eigenvalue weighted by molar-refractivity contribution is 8.00. The van der Waals surface area contributed by atoms with Crippen LogP contribution in [-0.2, 0) is 4.79 Å². The maximum Gasteiger partial charge on any atom is 0.230 e. The summed E-state index contributed by atoms with van der Waals surface area (Å²) in [4.78, 5) is 13.6. The molecule has 4 rings (SSSR count). The molecule has 2 aromatic carbocycles. The maximum absolute atomic E-state index is 12.6. The third-order valence-corrected chi connectivity index (χ3v) is 5.79. The van der Waals surface area contributed by atoms with Crippen LogP contribution in [0.3, 0.4) is 0 Å². The lowest BCUT2D eigenvalue weighted by Crippen LogP contribution is -2.33. The number of hydrogen-bond acceptors (Lipinski definition) is 6. The molecule has 1 amide bonds. The van der Waals surface area contributed by atoms with Gasteiger partial charge in [-0.3, -0.25) is 4.79 Å². The smallest absolute Gasteiger partial charge is 0.230 e. The molecule has 0 aliphatic carbocycles. The second-order valence-electron chi connectivity index (χ2n) is 7.29. The van der Waals surface area contributed by atoms with Crippen LogP contribution in [0.15, 0.2) is 41.3 Å². The molecular formula is C22H25NO5S. The Hall–Kier alpha value is -2.54. The van der Waals surface area contributed by atoms with E-state index in [0.29, 0.717) is 32.2 Å². The van der Waals surface area contributed by atoms with Gasteiger partial charge in [0.25, 0.3) is 0 Å². The monoisotopic (exact) mass is 415 g/mol. The number of ether oxygens (including phenoxy) is 4. The zero-order chi connectivity index (χ0) is 20.2. The molecule has 0 saturated carbocycles. The summed E-state index contributed by atoms with van der Waals surface area (Å²) in [5.41, 5.74) is 1.02. The van der Waals surface area contributed by atoms with Crippen LogP contribution >= 0.6 is 11.8 Å². The van der Waals surface area contributed by atoms with Gasteiger partial charge in [0.1, 0.15) is 26.4 Å². The molecule has 1 unspecified atom stereocenters. The molecule has 2 aromatic rings. The molecule has 1 atom stereocenters. The molecule has 6 nitrogen and oxygen atoms in total. The number of nitrogens with one attached hydrogen (secondary N) is 1. The van der Waals surface area contributed by atoms with Gasteiger partial charge in [0, 0.05) is 4.90 Å². The Labute approximate surface area is 174 Å². The first kappa shape index (κ1) is 19.8. The van der Waals surface area contributed by atoms with Crippen molar-refractivity contribution in [3.8, 4) is 23.0 Å². The third kappa shape index (κ3) is 4.72. The van der Waals surface area contributed by atoms with E-state index in [0.717, 1.165) is 33.5 Å². The normalized spacial score (nSPS) is 15.7. The summed E-state index contributed by atoms with van der Waals surface area (Å²) < 4.78 is 22.4. The lowest BCUT2D eigenvalue weighted by molar-refractivity contribution is -0.119. The fourth-order valence-corrected chi connectivity index (χ4v) is 4.10. The Balaban J connectivity index is 1.39. The minimum absolute atomic E-state index is 0.0153. The van der Waals surface area contributed by atoms with E-state index in [1.54, 1.807) is 0 Å². The van der Waals surface area contributed by atoms with Crippen LogP contribution in [0.4, 0.5) is 0 Å². The number of rotatable bonds is 6. The van der Waals surface area contributed by atoms with Gasteiger partial charge >= 0.3 is 0 Å². The van der Waals surface area contributed by atoms with Crippen LogP contribution < -0.4 is 24.3 Å². The molecule has 2 heterocycles. The molecule has 2 aliphatic rings. The Morgan fingerprint density at radius 3 is 2.14 bits per heavy atom. The zero-order valence-electron chi connectivity index (χ0n) is 16.6. The maximum atomic E-state index is 12.6. The molecule has 0 radical (unpaired) electrons. The average molecular weight is 416 g/mol. The van der Waals surface area contributed by atoms with Gasteiger partial charge in [-0.25, -0.2) is 0 Å². The van der Waals surface area contributed by atoms with Crippen LogP contribution in [0.1, 0.15) is 25.5 Å². The van der Waals surface area contributed by atoms with Crippen molar-refractivity contribution in [3.63, 3.8) is 0 Å². The summed E-state index contributed by atoms with van der Waals surface area (Å²) in [5, 5.41) is 3.16. The molecule has 0 fully saturated rings. The number of carbonyl (C=O) groups is 1. The number of fused-ring (bicyclic) bond motifs is 2. The lowest BCUT2D eigenvalue weighted by atomic mass is 9.95. The van der Waals surface area contributed by atoms with Gasteiger partial charge in [-0.1, -0.05) is 19.9 Å². The Bertz CT molecular complexity index is 886. The van der Waals surface area contributed by atoms with Crippen molar-refractivity contribution >= 4 is 17.7 Å². The van der Waals surface area contributed by atoms with E-state index in [1.807, 2.05) is 36.4 Å².